The van der Waals surface area contributed by atoms with Crippen LogP contribution in [0.15, 0.2) is 30.3 Å². The third-order valence-corrected chi connectivity index (χ3v) is 8.02. The molecule has 2 aromatic carbocycles. The second-order valence-electron chi connectivity index (χ2n) is 11.6. The highest BCUT2D eigenvalue weighted by Crippen LogP contribution is 2.47. The van der Waals surface area contributed by atoms with E-state index in [0.29, 0.717) is 65.8 Å². The molecular weight excluding hydrogens is 571 g/mol. The highest BCUT2D eigenvalue weighted by Gasteiger charge is 2.41. The van der Waals surface area contributed by atoms with E-state index in [1.54, 1.807) is 40.1 Å². The van der Waals surface area contributed by atoms with Crippen LogP contribution in [0.25, 0.3) is 0 Å². The van der Waals surface area contributed by atoms with Crippen LogP contribution in [-0.4, -0.2) is 67.7 Å². The van der Waals surface area contributed by atoms with Crippen molar-refractivity contribution in [3.63, 3.8) is 0 Å². The molecule has 2 amide bonds. The van der Waals surface area contributed by atoms with Crippen molar-refractivity contribution in [3.8, 4) is 11.5 Å². The van der Waals surface area contributed by atoms with Crippen molar-refractivity contribution in [1.82, 2.24) is 4.90 Å². The average molecular weight is 608 g/mol. The lowest BCUT2D eigenvalue weighted by Gasteiger charge is -2.33. The number of hydrogen-bond donors (Lipinski definition) is 1. The largest absolute Gasteiger partial charge is 0.493 e. The molecule has 1 fully saturated rings. The van der Waals surface area contributed by atoms with E-state index in [2.05, 4.69) is 0 Å². The van der Waals surface area contributed by atoms with Crippen LogP contribution >= 0.6 is 23.2 Å². The van der Waals surface area contributed by atoms with Crippen LogP contribution in [0.3, 0.4) is 0 Å². The number of hydrogen-bond acceptors (Lipinski definition) is 6. The molecule has 2 aromatic rings. The highest BCUT2D eigenvalue weighted by atomic mass is 35.5. The molecule has 41 heavy (non-hydrogen) atoms. The second-order valence-corrected chi connectivity index (χ2v) is 12.4. The molecule has 9 nitrogen and oxygen atoms in total. The predicted octanol–water partition coefficient (Wildman–Crippen LogP) is 5.59. The number of ether oxygens (including phenoxy) is 3. The molecule has 0 saturated carbocycles. The van der Waals surface area contributed by atoms with E-state index < -0.39 is 24.1 Å². The Hall–Kier alpha value is -3.01. The highest BCUT2D eigenvalue weighted by molar-refractivity contribution is 6.33. The topological polar surface area (TPSA) is 106 Å². The van der Waals surface area contributed by atoms with Crippen molar-refractivity contribution >= 4 is 46.7 Å². The van der Waals surface area contributed by atoms with Crippen LogP contribution in [0.2, 0.25) is 10.0 Å². The van der Waals surface area contributed by atoms with Crippen molar-refractivity contribution in [2.75, 3.05) is 38.8 Å². The van der Waals surface area contributed by atoms with Crippen LogP contribution < -0.4 is 14.4 Å². The first kappa shape index (κ1) is 30.9. The number of carboxylic acids is 1. The van der Waals surface area contributed by atoms with Gasteiger partial charge in [0.05, 0.1) is 31.6 Å². The summed E-state index contributed by atoms with van der Waals surface area (Å²) in [5, 5.41) is 10.0. The number of likely N-dealkylation sites (tertiary alicyclic amines) is 1. The molecule has 0 radical (unpaired) electrons. The summed E-state index contributed by atoms with van der Waals surface area (Å²) in [6.45, 7) is 7.06. The molecule has 1 saturated heterocycles. The van der Waals surface area contributed by atoms with E-state index in [4.69, 9.17) is 37.4 Å². The van der Waals surface area contributed by atoms with E-state index >= 15 is 0 Å². The molecule has 2 heterocycles. The SMILES string of the molecule is COc1ccc(C2OC(CC(=O)N3CCC(C(=O)O)CC3)C(=O)N(CC(C)(C)C)c3ccc(Cl)cc32)c(Cl)c1OC. The van der Waals surface area contributed by atoms with Crippen LogP contribution in [-0.2, 0) is 19.1 Å². The molecule has 2 aliphatic rings. The van der Waals surface area contributed by atoms with Gasteiger partial charge in [-0.1, -0.05) is 50.0 Å². The molecule has 2 unspecified atom stereocenters. The molecule has 2 atom stereocenters. The second kappa shape index (κ2) is 12.5. The number of aliphatic carboxylic acids is 1. The first-order chi connectivity index (χ1) is 19.3. The monoisotopic (exact) mass is 606 g/mol. The van der Waals surface area contributed by atoms with Gasteiger partial charge >= 0.3 is 5.97 Å². The summed E-state index contributed by atoms with van der Waals surface area (Å²) >= 11 is 13.3. The molecule has 11 heteroatoms. The Balaban J connectivity index is 1.78. The zero-order valence-corrected chi connectivity index (χ0v) is 25.4. The molecule has 4 rings (SSSR count). The number of carbonyl (C=O) groups is 3. The summed E-state index contributed by atoms with van der Waals surface area (Å²) < 4.78 is 17.5. The number of rotatable bonds is 7. The smallest absolute Gasteiger partial charge is 0.306 e. The van der Waals surface area contributed by atoms with E-state index in [9.17, 15) is 19.5 Å². The van der Waals surface area contributed by atoms with Gasteiger partial charge in [-0.3, -0.25) is 14.4 Å². The number of carboxylic acid groups (broad SMARTS) is 1. The summed E-state index contributed by atoms with van der Waals surface area (Å²) in [7, 11) is 2.99. The van der Waals surface area contributed by atoms with Gasteiger partial charge in [0, 0.05) is 41.5 Å². The molecule has 0 bridgehead atoms. The number of halogens is 2. The minimum atomic E-state index is -1.14. The Bertz CT molecular complexity index is 1320. The third kappa shape index (κ3) is 6.74. The van der Waals surface area contributed by atoms with Crippen LogP contribution in [0.5, 0.6) is 11.5 Å². The van der Waals surface area contributed by atoms with Gasteiger partial charge in [-0.2, -0.15) is 0 Å². The van der Waals surface area contributed by atoms with Gasteiger partial charge in [-0.25, -0.2) is 0 Å². The molecule has 0 spiro atoms. The minimum Gasteiger partial charge on any atom is -0.493 e. The van der Waals surface area contributed by atoms with Gasteiger partial charge in [0.25, 0.3) is 5.91 Å². The van der Waals surface area contributed by atoms with Crippen molar-refractivity contribution in [1.29, 1.82) is 0 Å². The summed E-state index contributed by atoms with van der Waals surface area (Å²) in [5.41, 5.74) is 1.49. The Kier molecular flexibility index (Phi) is 9.41. The molecule has 2 aliphatic heterocycles. The summed E-state index contributed by atoms with van der Waals surface area (Å²) in [6, 6.07) is 8.71. The number of methoxy groups -OCH3 is 2. The third-order valence-electron chi connectivity index (χ3n) is 7.39. The van der Waals surface area contributed by atoms with Crippen molar-refractivity contribution in [2.45, 2.75) is 52.2 Å². The van der Waals surface area contributed by atoms with E-state index in [1.165, 1.54) is 14.2 Å². The van der Waals surface area contributed by atoms with E-state index in [-0.39, 0.29) is 28.7 Å². The minimum absolute atomic E-state index is 0.208. The number of amides is 2. The van der Waals surface area contributed by atoms with Crippen LogP contribution in [0, 0.1) is 11.3 Å². The Morgan fingerprint density at radius 1 is 1.05 bits per heavy atom. The van der Waals surface area contributed by atoms with E-state index in [1.807, 2.05) is 20.8 Å². The first-order valence-electron chi connectivity index (χ1n) is 13.5. The fourth-order valence-electron chi connectivity index (χ4n) is 5.35. The van der Waals surface area contributed by atoms with Crippen molar-refractivity contribution in [2.24, 2.45) is 11.3 Å². The van der Waals surface area contributed by atoms with Gasteiger partial charge in [0.1, 0.15) is 12.2 Å². The number of fused-ring (bicyclic) bond motifs is 1. The van der Waals surface area contributed by atoms with Gasteiger partial charge in [-0.05, 0) is 42.5 Å². The Labute approximate surface area is 250 Å². The lowest BCUT2D eigenvalue weighted by Crippen LogP contribution is -2.47. The molecule has 222 valence electrons. The van der Waals surface area contributed by atoms with Crippen molar-refractivity contribution in [3.05, 3.63) is 51.5 Å². The number of carbonyl (C=O) groups excluding carboxylic acids is 2. The van der Waals surface area contributed by atoms with Crippen LogP contribution in [0.4, 0.5) is 5.69 Å². The van der Waals surface area contributed by atoms with Gasteiger partial charge in [0.15, 0.2) is 11.5 Å². The standard InChI is InChI=1S/C30H36Cl2N2O7/c1-30(2,3)16-34-21-8-6-18(31)14-20(21)26(19-7-9-22(39-4)27(40-5)25(19)32)41-23(28(34)36)15-24(35)33-12-10-17(11-13-33)29(37)38/h6-9,14,17,23,26H,10-13,15-16H2,1-5H3,(H,37,38). The lowest BCUT2D eigenvalue weighted by molar-refractivity contribution is -0.148. The summed E-state index contributed by atoms with van der Waals surface area (Å²) in [5.74, 6) is -1.21. The molecular formula is C30H36Cl2N2O7. The molecule has 1 N–H and O–H groups in total. The normalized spacial score (nSPS) is 19.9. The fourth-order valence-corrected chi connectivity index (χ4v) is 5.87. The molecule has 0 aromatic heterocycles. The lowest BCUT2D eigenvalue weighted by atomic mass is 9.94. The quantitative estimate of drug-likeness (QED) is 0.438. The zero-order valence-electron chi connectivity index (χ0n) is 23.9. The maximum absolute atomic E-state index is 14.2. The molecule has 0 aliphatic carbocycles. The number of nitrogens with zero attached hydrogens (tertiary/aromatic N) is 2. The van der Waals surface area contributed by atoms with Gasteiger partial charge in [0.2, 0.25) is 5.91 Å². The Morgan fingerprint density at radius 3 is 2.32 bits per heavy atom. The van der Waals surface area contributed by atoms with E-state index in [0.717, 1.165) is 0 Å². The number of anilines is 1. The maximum Gasteiger partial charge on any atom is 0.306 e. The summed E-state index contributed by atoms with van der Waals surface area (Å²) in [4.78, 5) is 42.3. The number of benzene rings is 2. The van der Waals surface area contributed by atoms with Gasteiger partial charge in [-0.15, -0.1) is 0 Å². The fraction of sp³-hybridized carbons (Fsp3) is 0.500. The average Bonchev–Trinajstić information content (AvgIpc) is 3.02. The maximum atomic E-state index is 14.2. The zero-order chi connectivity index (χ0) is 30.1. The summed E-state index contributed by atoms with van der Waals surface area (Å²) in [6.07, 6.45) is -1.47. The number of piperidine rings is 1. The van der Waals surface area contributed by atoms with Gasteiger partial charge < -0.3 is 29.1 Å². The first-order valence-corrected chi connectivity index (χ1v) is 14.3. The Morgan fingerprint density at radius 2 is 1.73 bits per heavy atom. The predicted molar refractivity (Wildman–Crippen MR) is 156 cm³/mol. The van der Waals surface area contributed by atoms with Crippen molar-refractivity contribution < 1.29 is 33.7 Å². The van der Waals surface area contributed by atoms with Crippen LogP contribution in [0.1, 0.15) is 57.3 Å².